The van der Waals surface area contributed by atoms with Crippen LogP contribution in [-0.4, -0.2) is 85.1 Å². The topological polar surface area (TPSA) is 107 Å². The molecule has 288 valence electrons. The van der Waals surface area contributed by atoms with Gasteiger partial charge in [0.05, 0.1) is 42.4 Å². The smallest absolute Gasteiger partial charge is 0.371 e. The van der Waals surface area contributed by atoms with Crippen molar-refractivity contribution in [3.8, 4) is 17.1 Å². The first kappa shape index (κ1) is 39.0. The highest BCUT2D eigenvalue weighted by molar-refractivity contribution is 6.76. The number of aromatic nitrogens is 5. The number of ether oxygens (including phenoxy) is 4. The number of rotatable bonds is 12. The van der Waals surface area contributed by atoms with Crippen LogP contribution in [0.5, 0.6) is 6.01 Å². The van der Waals surface area contributed by atoms with Crippen molar-refractivity contribution in [2.24, 2.45) is 0 Å². The minimum atomic E-state index is -2.04. The maximum absolute atomic E-state index is 15.8. The summed E-state index contributed by atoms with van der Waals surface area (Å²) in [4.78, 5) is 21.3. The Labute approximate surface area is 323 Å². The molecular weight excluding hydrogens is 743 g/mol. The third-order valence-corrected chi connectivity index (χ3v) is 17.8. The molecule has 0 spiro atoms. The van der Waals surface area contributed by atoms with Crippen molar-refractivity contribution in [2.75, 3.05) is 19.8 Å². The first-order valence-electron chi connectivity index (χ1n) is 18.7. The van der Waals surface area contributed by atoms with E-state index in [2.05, 4.69) is 68.3 Å². The molecule has 2 saturated heterocycles. The van der Waals surface area contributed by atoms with E-state index in [1.165, 1.54) is 6.07 Å². The fraction of sp³-hybridized carbons (Fsp3) is 0.564. The standard InChI is InChI=1S/C39H50ClFN6O5Si2/c1-39(2,3)54(8,9)52-32-21-50-34-31(20-49-35(32)34)51-38-46-30-17-27(40)29(45-36(30)47(38)22-48-12-13-53(5,6)7)16-24-11-10-23-14-25(15-28(41)33(23)24)26-18-43-37(42-4)44-19-26/h14-15,17-19,24,31-32,34-35H,10-13,16,20-22H2,1-3,5-9H3/t24-,31-,32-,34-,35-/m1/s1. The molecule has 3 aromatic heterocycles. The third kappa shape index (κ3) is 8.00. The predicted molar refractivity (Wildman–Crippen MR) is 211 cm³/mol. The summed E-state index contributed by atoms with van der Waals surface area (Å²) in [6.45, 7) is 26.9. The van der Waals surface area contributed by atoms with Crippen LogP contribution in [0.3, 0.4) is 0 Å². The molecule has 2 aliphatic heterocycles. The fourth-order valence-corrected chi connectivity index (χ4v) is 9.48. The van der Waals surface area contributed by atoms with E-state index < -0.39 is 22.5 Å². The molecule has 5 heterocycles. The summed E-state index contributed by atoms with van der Waals surface area (Å²) in [6.07, 6.45) is 4.00. The summed E-state index contributed by atoms with van der Waals surface area (Å²) in [5.41, 5.74) is 4.83. The van der Waals surface area contributed by atoms with Crippen LogP contribution in [0.4, 0.5) is 10.3 Å². The Balaban J connectivity index is 1.13. The molecule has 2 fully saturated rings. The first-order valence-corrected chi connectivity index (χ1v) is 25.7. The van der Waals surface area contributed by atoms with E-state index in [1.54, 1.807) is 12.4 Å². The molecule has 3 aliphatic rings. The van der Waals surface area contributed by atoms with Gasteiger partial charge >= 0.3 is 12.0 Å². The number of hydrogen-bond acceptors (Lipinski definition) is 9. The van der Waals surface area contributed by atoms with Gasteiger partial charge < -0.3 is 28.2 Å². The van der Waals surface area contributed by atoms with Crippen molar-refractivity contribution in [3.63, 3.8) is 0 Å². The van der Waals surface area contributed by atoms with Crippen molar-refractivity contribution in [2.45, 2.75) is 121 Å². The second-order valence-corrected chi connectivity index (χ2v) is 28.2. The van der Waals surface area contributed by atoms with Crippen LogP contribution in [0.1, 0.15) is 49.9 Å². The molecule has 54 heavy (non-hydrogen) atoms. The highest BCUT2D eigenvalue weighted by Gasteiger charge is 2.52. The number of aryl methyl sites for hydroxylation is 1. The Kier molecular flexibility index (Phi) is 10.8. The maximum Gasteiger partial charge on any atom is 0.371 e. The molecule has 11 nitrogen and oxygen atoms in total. The van der Waals surface area contributed by atoms with E-state index in [0.717, 1.165) is 24.4 Å². The number of imidazole rings is 1. The summed E-state index contributed by atoms with van der Waals surface area (Å²) in [6, 6.07) is 6.71. The quantitative estimate of drug-likeness (QED) is 0.0791. The SMILES string of the molecule is [C-]#[N+]c1ncc(-c2cc(F)c3c(c2)CC[C@@H]3Cc2nc3c(cc2Cl)nc(O[C@@H]2CO[C@H]4[C@@H]2OC[C@H]4O[Si](C)(C)C(C)(C)C)n3COCC[Si](C)(C)C)cn1. The van der Waals surface area contributed by atoms with Crippen molar-refractivity contribution in [3.05, 3.63) is 69.7 Å². The Hall–Kier alpha value is -3.30. The lowest BCUT2D eigenvalue weighted by Gasteiger charge is -2.39. The summed E-state index contributed by atoms with van der Waals surface area (Å²) < 4.78 is 49.8. The van der Waals surface area contributed by atoms with Crippen LogP contribution < -0.4 is 4.74 Å². The average molecular weight is 793 g/mol. The molecule has 1 aromatic carbocycles. The van der Waals surface area contributed by atoms with E-state index in [4.69, 9.17) is 51.5 Å². The maximum atomic E-state index is 15.8. The van der Waals surface area contributed by atoms with Crippen molar-refractivity contribution in [1.29, 1.82) is 0 Å². The van der Waals surface area contributed by atoms with E-state index in [0.29, 0.717) is 70.8 Å². The van der Waals surface area contributed by atoms with Gasteiger partial charge in [0.1, 0.15) is 30.3 Å². The van der Waals surface area contributed by atoms with E-state index in [-0.39, 0.29) is 47.8 Å². The molecule has 4 aromatic rings. The van der Waals surface area contributed by atoms with Gasteiger partial charge in [0, 0.05) is 20.2 Å². The minimum Gasteiger partial charge on any atom is -0.456 e. The highest BCUT2D eigenvalue weighted by Crippen LogP contribution is 2.42. The van der Waals surface area contributed by atoms with Crippen molar-refractivity contribution >= 4 is 45.1 Å². The third-order valence-electron chi connectivity index (χ3n) is 11.3. The summed E-state index contributed by atoms with van der Waals surface area (Å²) in [7, 11) is -3.37. The van der Waals surface area contributed by atoms with Crippen molar-refractivity contribution in [1.82, 2.24) is 24.5 Å². The first-order chi connectivity index (χ1) is 25.5. The van der Waals surface area contributed by atoms with Gasteiger partial charge in [-0.15, -0.1) is 6.57 Å². The number of benzene rings is 1. The van der Waals surface area contributed by atoms with Crippen LogP contribution in [0, 0.1) is 12.4 Å². The fourth-order valence-electron chi connectivity index (χ4n) is 7.19. The molecule has 0 bridgehead atoms. The van der Waals surface area contributed by atoms with Gasteiger partial charge in [-0.25, -0.2) is 9.37 Å². The summed E-state index contributed by atoms with van der Waals surface area (Å²) >= 11 is 6.90. The Morgan fingerprint density at radius 2 is 1.70 bits per heavy atom. The molecule has 0 amide bonds. The largest absolute Gasteiger partial charge is 0.456 e. The zero-order chi connectivity index (χ0) is 38.6. The van der Waals surface area contributed by atoms with Gasteiger partial charge in [-0.3, -0.25) is 4.57 Å². The van der Waals surface area contributed by atoms with E-state index >= 15 is 4.39 Å². The summed E-state index contributed by atoms with van der Waals surface area (Å²) in [5, 5.41) is 0.533. The Morgan fingerprint density at radius 1 is 1.00 bits per heavy atom. The van der Waals surface area contributed by atoms with E-state index in [1.807, 2.05) is 16.7 Å². The molecule has 0 radical (unpaired) electrons. The van der Waals surface area contributed by atoms with Gasteiger partial charge in [0.15, 0.2) is 20.1 Å². The normalized spacial score (nSPS) is 22.8. The Morgan fingerprint density at radius 3 is 2.39 bits per heavy atom. The van der Waals surface area contributed by atoms with Crippen LogP contribution in [0.15, 0.2) is 30.6 Å². The molecule has 15 heteroatoms. The zero-order valence-electron chi connectivity index (χ0n) is 32.4. The number of nitrogens with zero attached hydrogens (tertiary/aromatic N) is 6. The lowest BCUT2D eigenvalue weighted by atomic mass is 9.93. The van der Waals surface area contributed by atoms with Crippen LogP contribution in [0.25, 0.3) is 27.1 Å². The van der Waals surface area contributed by atoms with Gasteiger partial charge in [0.2, 0.25) is 0 Å². The molecular formula is C39H50ClFN6O5Si2. The molecule has 5 atom stereocenters. The van der Waals surface area contributed by atoms with Gasteiger partial charge in [-0.05, 0) is 78.2 Å². The zero-order valence-corrected chi connectivity index (χ0v) is 35.2. The second-order valence-electron chi connectivity index (χ2n) is 17.5. The van der Waals surface area contributed by atoms with Crippen LogP contribution in [0.2, 0.25) is 48.8 Å². The summed E-state index contributed by atoms with van der Waals surface area (Å²) in [5.74, 6) is -0.327. The predicted octanol–water partition coefficient (Wildman–Crippen LogP) is 8.75. The van der Waals surface area contributed by atoms with Crippen LogP contribution >= 0.6 is 11.6 Å². The molecule has 0 N–H and O–H groups in total. The lowest BCUT2D eigenvalue weighted by molar-refractivity contribution is 0.00687. The Bertz CT molecular complexity index is 2060. The molecule has 7 rings (SSSR count). The van der Waals surface area contributed by atoms with Crippen LogP contribution in [-0.2, 0) is 38.2 Å². The second kappa shape index (κ2) is 15.0. The molecule has 0 unspecified atom stereocenters. The molecule has 1 aliphatic carbocycles. The van der Waals surface area contributed by atoms with E-state index in [9.17, 15) is 0 Å². The lowest BCUT2D eigenvalue weighted by Crippen LogP contribution is -2.47. The minimum absolute atomic E-state index is 0.0599. The van der Waals surface area contributed by atoms with Gasteiger partial charge in [-0.1, -0.05) is 58.1 Å². The van der Waals surface area contributed by atoms with Gasteiger partial charge in [0.25, 0.3) is 0 Å². The number of fused-ring (bicyclic) bond motifs is 3. The molecule has 0 saturated carbocycles. The van der Waals surface area contributed by atoms with Gasteiger partial charge in [-0.2, -0.15) is 15.0 Å². The monoisotopic (exact) mass is 792 g/mol. The number of pyridine rings is 1. The number of hydrogen-bond donors (Lipinski definition) is 0. The highest BCUT2D eigenvalue weighted by atomic mass is 35.5. The van der Waals surface area contributed by atoms with Crippen molar-refractivity contribution < 1.29 is 27.8 Å². The number of halogens is 2. The average Bonchev–Trinajstić information content (AvgIpc) is 3.87.